The lowest BCUT2D eigenvalue weighted by Crippen LogP contribution is -2.42. The molecule has 3 aliphatic rings. The van der Waals surface area contributed by atoms with Crippen LogP contribution in [0.1, 0.15) is 39.0 Å². The summed E-state index contributed by atoms with van der Waals surface area (Å²) in [4.78, 5) is 11.7. The maximum absolute atomic E-state index is 11.7. The number of carbonyl (C=O) groups excluding carboxylic acids is 1. The molecular weight excluding hydrogens is 216 g/mol. The molecule has 1 N–H and O–H groups in total. The summed E-state index contributed by atoms with van der Waals surface area (Å²) in [5, 5.41) is 10.6. The average molecular weight is 236 g/mol. The van der Waals surface area contributed by atoms with Gasteiger partial charge in [0.1, 0.15) is 0 Å². The molecule has 0 saturated heterocycles. The summed E-state index contributed by atoms with van der Waals surface area (Å²) in [6.07, 6.45) is 6.00. The van der Waals surface area contributed by atoms with Crippen molar-refractivity contribution in [3.05, 3.63) is 11.6 Å². The zero-order chi connectivity index (χ0) is 12.3. The molecule has 0 heterocycles. The second-order valence-electron chi connectivity index (χ2n) is 6.01. The minimum Gasteiger partial charge on any atom is -0.392 e. The van der Waals surface area contributed by atoms with Crippen LogP contribution >= 0.6 is 0 Å². The number of rotatable bonds is 1. The van der Waals surface area contributed by atoms with Crippen LogP contribution in [-0.4, -0.2) is 29.7 Å². The van der Waals surface area contributed by atoms with Gasteiger partial charge < -0.3 is 9.84 Å². The van der Waals surface area contributed by atoms with Crippen LogP contribution in [-0.2, 0) is 9.53 Å². The molecule has 0 aromatic rings. The van der Waals surface area contributed by atoms with Crippen molar-refractivity contribution in [3.63, 3.8) is 0 Å². The van der Waals surface area contributed by atoms with Gasteiger partial charge in [0.15, 0.2) is 5.78 Å². The van der Waals surface area contributed by atoms with E-state index in [9.17, 15) is 9.90 Å². The maximum Gasteiger partial charge on any atom is 0.156 e. The highest BCUT2D eigenvalue weighted by Gasteiger charge is 2.65. The van der Waals surface area contributed by atoms with Gasteiger partial charge in [-0.05, 0) is 24.5 Å². The number of aliphatic hydroxyl groups is 1. The number of fused-ring (bicyclic) bond motifs is 3. The topological polar surface area (TPSA) is 46.5 Å². The van der Waals surface area contributed by atoms with Crippen LogP contribution in [0.3, 0.4) is 0 Å². The van der Waals surface area contributed by atoms with E-state index in [4.69, 9.17) is 4.74 Å². The molecule has 17 heavy (non-hydrogen) atoms. The smallest absolute Gasteiger partial charge is 0.156 e. The van der Waals surface area contributed by atoms with Gasteiger partial charge in [-0.2, -0.15) is 0 Å². The summed E-state index contributed by atoms with van der Waals surface area (Å²) in [7, 11) is 1.72. The summed E-state index contributed by atoms with van der Waals surface area (Å²) in [6, 6.07) is 0. The molecule has 3 rings (SSSR count). The summed E-state index contributed by atoms with van der Waals surface area (Å²) < 4.78 is 5.82. The van der Waals surface area contributed by atoms with Gasteiger partial charge in [-0.15, -0.1) is 0 Å². The Hall–Kier alpha value is -0.670. The number of ether oxygens (including phenoxy) is 1. The Morgan fingerprint density at radius 2 is 2.24 bits per heavy atom. The minimum absolute atomic E-state index is 0.141. The fourth-order valence-corrected chi connectivity index (χ4v) is 4.43. The quantitative estimate of drug-likeness (QED) is 0.755. The Bertz CT molecular complexity index is 400. The highest BCUT2D eigenvalue weighted by atomic mass is 16.5. The predicted molar refractivity (Wildman–Crippen MR) is 63.5 cm³/mol. The molecule has 0 aromatic heterocycles. The largest absolute Gasteiger partial charge is 0.392 e. The Labute approximate surface area is 102 Å². The number of methoxy groups -OCH3 is 1. The van der Waals surface area contributed by atoms with Gasteiger partial charge in [0, 0.05) is 24.9 Å². The first-order chi connectivity index (χ1) is 8.04. The van der Waals surface area contributed by atoms with Crippen LogP contribution in [0.25, 0.3) is 0 Å². The van der Waals surface area contributed by atoms with E-state index in [0.717, 1.165) is 31.3 Å². The lowest BCUT2D eigenvalue weighted by Gasteiger charge is -2.39. The molecule has 2 fully saturated rings. The van der Waals surface area contributed by atoms with Gasteiger partial charge in [-0.25, -0.2) is 0 Å². The molecule has 3 nitrogen and oxygen atoms in total. The molecule has 4 atom stereocenters. The zero-order valence-electron chi connectivity index (χ0n) is 10.5. The molecule has 0 unspecified atom stereocenters. The van der Waals surface area contributed by atoms with Crippen molar-refractivity contribution in [1.29, 1.82) is 0 Å². The first kappa shape index (κ1) is 11.4. The molecule has 0 amide bonds. The monoisotopic (exact) mass is 236 g/mol. The van der Waals surface area contributed by atoms with E-state index < -0.39 is 6.10 Å². The highest BCUT2D eigenvalue weighted by molar-refractivity contribution is 5.95. The van der Waals surface area contributed by atoms with E-state index in [1.165, 1.54) is 0 Å². The first-order valence-electron chi connectivity index (χ1n) is 6.53. The standard InChI is InChI=1S/C14H20O3/c1-13-8-9(15)7-11(13)14(17-2)6-4-3-5-10(14)12(13)16/h7,10,12,16H,3-6,8H2,1-2H3/t10-,12+,13+,14-/m1/s1. The number of aliphatic hydroxyl groups excluding tert-OH is 1. The second-order valence-corrected chi connectivity index (χ2v) is 6.01. The maximum atomic E-state index is 11.7. The summed E-state index contributed by atoms with van der Waals surface area (Å²) in [6.45, 7) is 2.02. The lowest BCUT2D eigenvalue weighted by molar-refractivity contribution is -0.117. The number of allylic oxidation sites excluding steroid dienone is 1. The molecule has 0 spiro atoms. The summed E-state index contributed by atoms with van der Waals surface area (Å²) >= 11 is 0. The Morgan fingerprint density at radius 1 is 1.47 bits per heavy atom. The summed E-state index contributed by atoms with van der Waals surface area (Å²) in [5.41, 5.74) is 0.329. The number of hydrogen-bond donors (Lipinski definition) is 1. The van der Waals surface area contributed by atoms with Crippen LogP contribution in [0.4, 0.5) is 0 Å². The minimum atomic E-state index is -0.430. The molecule has 94 valence electrons. The first-order valence-corrected chi connectivity index (χ1v) is 6.53. The van der Waals surface area contributed by atoms with Crippen LogP contribution in [0, 0.1) is 11.3 Å². The van der Waals surface area contributed by atoms with Gasteiger partial charge in [0.2, 0.25) is 0 Å². The lowest BCUT2D eigenvalue weighted by atomic mass is 9.75. The normalized spacial score (nSPS) is 48.9. The van der Waals surface area contributed by atoms with E-state index in [1.807, 2.05) is 6.92 Å². The molecule has 0 aliphatic heterocycles. The van der Waals surface area contributed by atoms with Gasteiger partial charge in [0.05, 0.1) is 11.7 Å². The third-order valence-electron chi connectivity index (χ3n) is 5.23. The Kier molecular flexibility index (Phi) is 2.30. The van der Waals surface area contributed by atoms with E-state index in [2.05, 4.69) is 0 Å². The second kappa shape index (κ2) is 3.42. The SMILES string of the molecule is CO[C@]12CCCC[C@@H]1[C@H](O)[C@@]1(C)CC(=O)C=C12. The van der Waals surface area contributed by atoms with Crippen molar-refractivity contribution in [3.8, 4) is 0 Å². The highest BCUT2D eigenvalue weighted by Crippen LogP contribution is 2.62. The van der Waals surface area contributed by atoms with Crippen molar-refractivity contribution in [2.24, 2.45) is 11.3 Å². The van der Waals surface area contributed by atoms with E-state index in [-0.39, 0.29) is 22.7 Å². The van der Waals surface area contributed by atoms with Crippen molar-refractivity contribution in [2.75, 3.05) is 7.11 Å². The molecule has 3 aliphatic carbocycles. The third-order valence-corrected chi connectivity index (χ3v) is 5.23. The third kappa shape index (κ3) is 1.22. The fourth-order valence-electron chi connectivity index (χ4n) is 4.43. The van der Waals surface area contributed by atoms with Crippen LogP contribution < -0.4 is 0 Å². The van der Waals surface area contributed by atoms with Crippen molar-refractivity contribution in [2.45, 2.75) is 50.7 Å². The van der Waals surface area contributed by atoms with Crippen LogP contribution in [0.5, 0.6) is 0 Å². The summed E-state index contributed by atoms with van der Waals surface area (Å²) in [5.74, 6) is 0.313. The van der Waals surface area contributed by atoms with Gasteiger partial charge in [0.25, 0.3) is 0 Å². The van der Waals surface area contributed by atoms with Crippen molar-refractivity contribution >= 4 is 5.78 Å². The fraction of sp³-hybridized carbons (Fsp3) is 0.786. The molecule has 0 radical (unpaired) electrons. The van der Waals surface area contributed by atoms with Gasteiger partial charge in [-0.3, -0.25) is 4.79 Å². The van der Waals surface area contributed by atoms with Gasteiger partial charge in [-0.1, -0.05) is 19.8 Å². The number of ketones is 1. The molecule has 3 heteroatoms. The molecular formula is C14H20O3. The zero-order valence-corrected chi connectivity index (χ0v) is 10.5. The molecule has 0 aromatic carbocycles. The van der Waals surface area contributed by atoms with Crippen LogP contribution in [0.15, 0.2) is 11.6 Å². The average Bonchev–Trinajstić information content (AvgIpc) is 2.72. The Morgan fingerprint density at radius 3 is 2.94 bits per heavy atom. The molecule has 0 bridgehead atoms. The van der Waals surface area contributed by atoms with E-state index in [1.54, 1.807) is 13.2 Å². The predicted octanol–water partition coefficient (Wildman–Crippen LogP) is 1.84. The van der Waals surface area contributed by atoms with Gasteiger partial charge >= 0.3 is 0 Å². The van der Waals surface area contributed by atoms with E-state index in [0.29, 0.717) is 6.42 Å². The van der Waals surface area contributed by atoms with Crippen molar-refractivity contribution < 1.29 is 14.6 Å². The number of carbonyl (C=O) groups is 1. The van der Waals surface area contributed by atoms with E-state index >= 15 is 0 Å². The number of hydrogen-bond acceptors (Lipinski definition) is 3. The molecule has 2 saturated carbocycles. The Balaban J connectivity index is 2.14. The van der Waals surface area contributed by atoms with Crippen LogP contribution in [0.2, 0.25) is 0 Å². The van der Waals surface area contributed by atoms with Crippen molar-refractivity contribution in [1.82, 2.24) is 0 Å².